The molecule has 1 saturated heterocycles. The number of rotatable bonds is 6. The molecule has 40 heavy (non-hydrogen) atoms. The maximum absolute atomic E-state index is 5.19. The molecule has 0 radical (unpaired) electrons. The summed E-state index contributed by atoms with van der Waals surface area (Å²) in [5.41, 5.74) is 3.13. The largest absolute Gasteiger partial charge is 0.366 e. The topological polar surface area (TPSA) is 101 Å². The molecule has 202 valence electrons. The summed E-state index contributed by atoms with van der Waals surface area (Å²) >= 11 is 0. The number of piperidine rings is 1. The Hall–Kier alpha value is -4.17. The molecule has 8 heteroatoms. The van der Waals surface area contributed by atoms with Gasteiger partial charge in [-0.25, -0.2) is 19.9 Å². The Bertz CT molecular complexity index is 1690. The highest BCUT2D eigenvalue weighted by Crippen LogP contribution is 2.42. The molecule has 1 saturated carbocycles. The standard InChI is InChI=1S/C32H34N8/c1-32(2)19-33-13-12-26(32)38-31-28-24(20-7-5-8-20)17-34-18-25(28)37-29(40-31)22-11-14-35-27(16-22)39-30-23-9-4-3-6-21(23)10-15-36-30/h3-4,6,9-11,14-18,20,26,33H,5,7-8,12-13,19H2,1-2H3,(H,35,36,39)(H,37,38,40). The Morgan fingerprint density at radius 2 is 1.80 bits per heavy atom. The van der Waals surface area contributed by atoms with Crippen LogP contribution in [0.15, 0.2) is 67.3 Å². The second kappa shape index (κ2) is 10.1. The molecular formula is C32H34N8. The maximum Gasteiger partial charge on any atom is 0.162 e. The summed E-state index contributed by atoms with van der Waals surface area (Å²) in [7, 11) is 0. The van der Waals surface area contributed by atoms with Gasteiger partial charge < -0.3 is 16.0 Å². The van der Waals surface area contributed by atoms with Crippen molar-refractivity contribution in [3.63, 3.8) is 0 Å². The lowest BCUT2D eigenvalue weighted by molar-refractivity contribution is 0.236. The van der Waals surface area contributed by atoms with Gasteiger partial charge in [-0.3, -0.25) is 4.98 Å². The zero-order valence-electron chi connectivity index (χ0n) is 23.0. The molecule has 5 heterocycles. The molecule has 3 N–H and O–H groups in total. The molecule has 0 bridgehead atoms. The van der Waals surface area contributed by atoms with Gasteiger partial charge in [-0.15, -0.1) is 0 Å². The molecule has 1 aliphatic carbocycles. The number of aromatic nitrogens is 5. The Balaban J connectivity index is 1.30. The first-order valence-corrected chi connectivity index (χ1v) is 14.3. The van der Waals surface area contributed by atoms with Gasteiger partial charge in [0.05, 0.1) is 11.7 Å². The van der Waals surface area contributed by atoms with Crippen molar-refractivity contribution in [1.29, 1.82) is 0 Å². The van der Waals surface area contributed by atoms with Crippen LogP contribution >= 0.6 is 0 Å². The molecule has 2 fully saturated rings. The van der Waals surface area contributed by atoms with E-state index >= 15 is 0 Å². The quantitative estimate of drug-likeness (QED) is 0.230. The van der Waals surface area contributed by atoms with E-state index in [1.165, 1.54) is 24.8 Å². The third kappa shape index (κ3) is 4.62. The van der Waals surface area contributed by atoms with Crippen molar-refractivity contribution >= 4 is 39.1 Å². The summed E-state index contributed by atoms with van der Waals surface area (Å²) in [5, 5.41) is 14.1. The fourth-order valence-corrected chi connectivity index (χ4v) is 5.95. The van der Waals surface area contributed by atoms with Crippen LogP contribution in [0.4, 0.5) is 17.5 Å². The van der Waals surface area contributed by atoms with E-state index in [-0.39, 0.29) is 5.41 Å². The van der Waals surface area contributed by atoms with Crippen LogP contribution in [0.25, 0.3) is 33.1 Å². The van der Waals surface area contributed by atoms with E-state index in [0.29, 0.717) is 23.6 Å². The summed E-state index contributed by atoms with van der Waals surface area (Å²) in [4.78, 5) is 24.0. The maximum atomic E-state index is 5.19. The van der Waals surface area contributed by atoms with Crippen LogP contribution < -0.4 is 16.0 Å². The van der Waals surface area contributed by atoms with E-state index in [1.807, 2.05) is 48.9 Å². The predicted molar refractivity (Wildman–Crippen MR) is 161 cm³/mol. The van der Waals surface area contributed by atoms with Crippen molar-refractivity contribution < 1.29 is 0 Å². The number of nitrogens with zero attached hydrogens (tertiary/aromatic N) is 5. The van der Waals surface area contributed by atoms with Crippen LogP contribution in [-0.2, 0) is 0 Å². The summed E-state index contributed by atoms with van der Waals surface area (Å²) in [6.45, 7) is 6.60. The van der Waals surface area contributed by atoms with Crippen LogP contribution in [0.1, 0.15) is 51.0 Å². The SMILES string of the molecule is CC1(C)CNCCC1Nc1nc(-c2ccnc(Nc3nccc4ccccc34)c2)nc2cncc(C3CCC3)c12. The van der Waals surface area contributed by atoms with E-state index in [9.17, 15) is 0 Å². The third-order valence-electron chi connectivity index (χ3n) is 8.56. The highest BCUT2D eigenvalue weighted by atomic mass is 15.1. The highest BCUT2D eigenvalue weighted by molar-refractivity contribution is 5.94. The van der Waals surface area contributed by atoms with E-state index < -0.39 is 0 Å². The van der Waals surface area contributed by atoms with E-state index in [4.69, 9.17) is 9.97 Å². The molecule has 1 unspecified atom stereocenters. The van der Waals surface area contributed by atoms with Gasteiger partial charge in [-0.05, 0) is 66.3 Å². The molecular weight excluding hydrogens is 496 g/mol. The average Bonchev–Trinajstić information content (AvgIpc) is 2.93. The number of hydrogen-bond donors (Lipinski definition) is 3. The van der Waals surface area contributed by atoms with Crippen molar-refractivity contribution in [3.8, 4) is 11.4 Å². The average molecular weight is 531 g/mol. The van der Waals surface area contributed by atoms with E-state index in [2.05, 4.69) is 56.9 Å². The van der Waals surface area contributed by atoms with Crippen LogP contribution in [0, 0.1) is 5.41 Å². The Morgan fingerprint density at radius 1 is 0.925 bits per heavy atom. The molecule has 1 aromatic carbocycles. The minimum Gasteiger partial charge on any atom is -0.366 e. The second-order valence-electron chi connectivity index (χ2n) is 11.7. The van der Waals surface area contributed by atoms with Gasteiger partial charge in [0.1, 0.15) is 17.5 Å². The van der Waals surface area contributed by atoms with Gasteiger partial charge in [0, 0.05) is 47.5 Å². The van der Waals surface area contributed by atoms with Gasteiger partial charge in [-0.2, -0.15) is 0 Å². The van der Waals surface area contributed by atoms with E-state index in [0.717, 1.165) is 58.4 Å². The molecule has 0 spiro atoms. The summed E-state index contributed by atoms with van der Waals surface area (Å²) in [6.07, 6.45) is 12.2. The monoisotopic (exact) mass is 530 g/mol. The molecule has 8 nitrogen and oxygen atoms in total. The lowest BCUT2D eigenvalue weighted by atomic mass is 9.78. The number of benzene rings is 1. The number of fused-ring (bicyclic) bond motifs is 2. The van der Waals surface area contributed by atoms with Gasteiger partial charge in [0.15, 0.2) is 5.82 Å². The highest BCUT2D eigenvalue weighted by Gasteiger charge is 2.33. The summed E-state index contributed by atoms with van der Waals surface area (Å²) in [5.74, 6) is 3.56. The van der Waals surface area contributed by atoms with Gasteiger partial charge in [-0.1, -0.05) is 44.5 Å². The summed E-state index contributed by atoms with van der Waals surface area (Å²) < 4.78 is 0. The van der Waals surface area contributed by atoms with Crippen molar-refractivity contribution in [2.24, 2.45) is 5.41 Å². The van der Waals surface area contributed by atoms with Crippen LogP contribution in [0.3, 0.4) is 0 Å². The minimum atomic E-state index is 0.0958. The number of hydrogen-bond acceptors (Lipinski definition) is 8. The lowest BCUT2D eigenvalue weighted by Gasteiger charge is -2.40. The number of nitrogens with one attached hydrogen (secondary N) is 3. The van der Waals surface area contributed by atoms with Crippen molar-refractivity contribution in [3.05, 3.63) is 72.8 Å². The molecule has 0 amide bonds. The smallest absolute Gasteiger partial charge is 0.162 e. The molecule has 2 aliphatic rings. The number of anilines is 3. The molecule has 7 rings (SSSR count). The minimum absolute atomic E-state index is 0.0958. The van der Waals surface area contributed by atoms with Crippen LogP contribution in [0.2, 0.25) is 0 Å². The van der Waals surface area contributed by atoms with Crippen molar-refractivity contribution in [2.45, 2.75) is 51.5 Å². The zero-order valence-corrected chi connectivity index (χ0v) is 23.0. The van der Waals surface area contributed by atoms with Crippen LogP contribution in [-0.4, -0.2) is 44.1 Å². The fourth-order valence-electron chi connectivity index (χ4n) is 5.95. The van der Waals surface area contributed by atoms with Crippen LogP contribution in [0.5, 0.6) is 0 Å². The Morgan fingerprint density at radius 3 is 2.65 bits per heavy atom. The van der Waals surface area contributed by atoms with Gasteiger partial charge >= 0.3 is 0 Å². The normalized spacial score (nSPS) is 18.9. The molecule has 5 aromatic rings. The summed E-state index contributed by atoms with van der Waals surface area (Å²) in [6, 6.07) is 14.5. The molecule has 4 aromatic heterocycles. The van der Waals surface area contributed by atoms with Gasteiger partial charge in [0.25, 0.3) is 0 Å². The molecule has 1 atom stereocenters. The Kier molecular flexibility index (Phi) is 6.27. The van der Waals surface area contributed by atoms with Crippen molar-refractivity contribution in [1.82, 2.24) is 30.2 Å². The predicted octanol–water partition coefficient (Wildman–Crippen LogP) is 6.45. The Labute approximate surface area is 234 Å². The third-order valence-corrected chi connectivity index (χ3v) is 8.56. The van der Waals surface area contributed by atoms with E-state index in [1.54, 1.807) is 6.20 Å². The lowest BCUT2D eigenvalue weighted by Crippen LogP contribution is -2.49. The molecule has 1 aliphatic heterocycles. The first-order chi connectivity index (χ1) is 19.5. The first kappa shape index (κ1) is 24.8. The second-order valence-corrected chi connectivity index (χ2v) is 11.7. The number of pyridine rings is 3. The fraction of sp³-hybridized carbons (Fsp3) is 0.344. The first-order valence-electron chi connectivity index (χ1n) is 14.3. The van der Waals surface area contributed by atoms with Gasteiger partial charge in [0.2, 0.25) is 0 Å². The zero-order chi connectivity index (χ0) is 27.1. The van der Waals surface area contributed by atoms with Crippen molar-refractivity contribution in [2.75, 3.05) is 23.7 Å².